The standard InChI is InChI=1S/C21H26N6O2/c1-4-29-18-7-5-17(6-8-18)14-20(28)26-11-9-25(10-12-26)19-13-15(2)27-16(3)23-24-21(27)22-19/h5-8,13H,4,9-12,14H2,1-3H3. The van der Waals surface area contributed by atoms with Crippen molar-refractivity contribution in [2.24, 2.45) is 0 Å². The molecule has 2 aromatic heterocycles. The van der Waals surface area contributed by atoms with Crippen molar-refractivity contribution < 1.29 is 9.53 Å². The second-order valence-corrected chi connectivity index (χ2v) is 7.26. The number of benzene rings is 1. The Hall–Kier alpha value is -3.16. The van der Waals surface area contributed by atoms with Crippen molar-refractivity contribution in [2.45, 2.75) is 27.2 Å². The van der Waals surface area contributed by atoms with Gasteiger partial charge in [0, 0.05) is 37.9 Å². The second kappa shape index (κ2) is 8.06. The van der Waals surface area contributed by atoms with E-state index >= 15 is 0 Å². The topological polar surface area (TPSA) is 75.9 Å². The second-order valence-electron chi connectivity index (χ2n) is 7.26. The molecule has 1 aliphatic heterocycles. The van der Waals surface area contributed by atoms with Gasteiger partial charge in [0.15, 0.2) is 0 Å². The fraction of sp³-hybridized carbons (Fsp3) is 0.429. The monoisotopic (exact) mass is 394 g/mol. The number of carbonyl (C=O) groups excluding carboxylic acids is 1. The molecule has 3 aromatic rings. The lowest BCUT2D eigenvalue weighted by atomic mass is 10.1. The molecule has 8 heteroatoms. The molecule has 4 rings (SSSR count). The number of hydrogen-bond acceptors (Lipinski definition) is 6. The molecule has 1 aromatic carbocycles. The Balaban J connectivity index is 1.37. The molecule has 0 unspecified atom stereocenters. The maximum absolute atomic E-state index is 12.7. The van der Waals surface area contributed by atoms with Crippen LogP contribution in [0.2, 0.25) is 0 Å². The maximum atomic E-state index is 12.7. The van der Waals surface area contributed by atoms with Crippen LogP contribution in [0.5, 0.6) is 5.75 Å². The van der Waals surface area contributed by atoms with Crippen LogP contribution in [-0.2, 0) is 11.2 Å². The summed E-state index contributed by atoms with van der Waals surface area (Å²) in [6.45, 7) is 9.43. The zero-order valence-corrected chi connectivity index (χ0v) is 17.1. The van der Waals surface area contributed by atoms with Crippen molar-refractivity contribution in [3.63, 3.8) is 0 Å². The van der Waals surface area contributed by atoms with E-state index in [2.05, 4.69) is 26.1 Å². The van der Waals surface area contributed by atoms with E-state index in [4.69, 9.17) is 4.74 Å². The maximum Gasteiger partial charge on any atom is 0.257 e. The van der Waals surface area contributed by atoms with E-state index in [9.17, 15) is 4.79 Å². The van der Waals surface area contributed by atoms with Crippen molar-refractivity contribution in [3.8, 4) is 5.75 Å². The van der Waals surface area contributed by atoms with Gasteiger partial charge in [0.25, 0.3) is 5.78 Å². The Bertz CT molecular complexity index is 1010. The number of nitrogens with zero attached hydrogens (tertiary/aromatic N) is 6. The SMILES string of the molecule is CCOc1ccc(CC(=O)N2CCN(c3cc(C)n4c(C)nnc4n3)CC2)cc1. The molecular weight excluding hydrogens is 368 g/mol. The van der Waals surface area contributed by atoms with Gasteiger partial charge in [-0.3, -0.25) is 9.20 Å². The van der Waals surface area contributed by atoms with Crippen LogP contribution < -0.4 is 9.64 Å². The van der Waals surface area contributed by atoms with Crippen molar-refractivity contribution >= 4 is 17.5 Å². The number of fused-ring (bicyclic) bond motifs is 1. The van der Waals surface area contributed by atoms with Gasteiger partial charge in [-0.05, 0) is 38.5 Å². The van der Waals surface area contributed by atoms with E-state index < -0.39 is 0 Å². The average Bonchev–Trinajstić information content (AvgIpc) is 3.11. The zero-order valence-electron chi connectivity index (χ0n) is 17.1. The Labute approximate surface area is 170 Å². The molecular formula is C21H26N6O2. The molecule has 3 heterocycles. The molecule has 0 saturated carbocycles. The molecule has 0 atom stereocenters. The van der Waals surface area contributed by atoms with Gasteiger partial charge in [-0.2, -0.15) is 4.98 Å². The van der Waals surface area contributed by atoms with Crippen molar-refractivity contribution in [1.29, 1.82) is 0 Å². The van der Waals surface area contributed by atoms with Crippen LogP contribution >= 0.6 is 0 Å². The van der Waals surface area contributed by atoms with Gasteiger partial charge in [-0.1, -0.05) is 12.1 Å². The highest BCUT2D eigenvalue weighted by Crippen LogP contribution is 2.19. The fourth-order valence-corrected chi connectivity index (χ4v) is 3.73. The summed E-state index contributed by atoms with van der Waals surface area (Å²) in [6.07, 6.45) is 0.411. The number of hydrogen-bond donors (Lipinski definition) is 0. The van der Waals surface area contributed by atoms with E-state index in [0.29, 0.717) is 31.9 Å². The van der Waals surface area contributed by atoms with Crippen LogP contribution in [-0.4, -0.2) is 63.2 Å². The third-order valence-electron chi connectivity index (χ3n) is 5.26. The Morgan fingerprint density at radius 3 is 2.48 bits per heavy atom. The molecule has 8 nitrogen and oxygen atoms in total. The molecule has 1 amide bonds. The van der Waals surface area contributed by atoms with Gasteiger partial charge in [0.2, 0.25) is 5.91 Å². The molecule has 1 saturated heterocycles. The first-order valence-electron chi connectivity index (χ1n) is 9.99. The molecule has 1 fully saturated rings. The molecule has 0 spiro atoms. The van der Waals surface area contributed by atoms with Crippen LogP contribution in [0.25, 0.3) is 5.78 Å². The molecule has 0 aliphatic carbocycles. The molecule has 29 heavy (non-hydrogen) atoms. The van der Waals surface area contributed by atoms with Crippen LogP contribution in [0.15, 0.2) is 30.3 Å². The summed E-state index contributed by atoms with van der Waals surface area (Å²) in [4.78, 5) is 21.5. The third kappa shape index (κ3) is 4.01. The van der Waals surface area contributed by atoms with Crippen LogP contribution in [0, 0.1) is 13.8 Å². The predicted octanol–water partition coefficient (Wildman–Crippen LogP) is 2.03. The lowest BCUT2D eigenvalue weighted by molar-refractivity contribution is -0.130. The summed E-state index contributed by atoms with van der Waals surface area (Å²) in [7, 11) is 0. The minimum Gasteiger partial charge on any atom is -0.494 e. The number of piperazine rings is 1. The summed E-state index contributed by atoms with van der Waals surface area (Å²) in [5.41, 5.74) is 2.06. The molecule has 0 radical (unpaired) electrons. The number of rotatable bonds is 5. The van der Waals surface area contributed by atoms with Crippen molar-refractivity contribution in [3.05, 3.63) is 47.4 Å². The number of carbonyl (C=O) groups is 1. The average molecular weight is 394 g/mol. The van der Waals surface area contributed by atoms with Gasteiger partial charge in [0.1, 0.15) is 17.4 Å². The van der Waals surface area contributed by atoms with Gasteiger partial charge < -0.3 is 14.5 Å². The number of aryl methyl sites for hydroxylation is 2. The Morgan fingerprint density at radius 1 is 1.07 bits per heavy atom. The number of ether oxygens (including phenoxy) is 1. The van der Waals surface area contributed by atoms with Crippen LogP contribution in [0.4, 0.5) is 5.82 Å². The number of amides is 1. The molecule has 0 N–H and O–H groups in total. The smallest absolute Gasteiger partial charge is 0.257 e. The predicted molar refractivity (Wildman–Crippen MR) is 110 cm³/mol. The zero-order chi connectivity index (χ0) is 20.4. The minimum absolute atomic E-state index is 0.154. The highest BCUT2D eigenvalue weighted by molar-refractivity contribution is 5.79. The van der Waals surface area contributed by atoms with E-state index in [1.807, 2.05) is 54.3 Å². The minimum atomic E-state index is 0.154. The number of aromatic nitrogens is 4. The largest absolute Gasteiger partial charge is 0.494 e. The summed E-state index contributed by atoms with van der Waals surface area (Å²) in [5, 5.41) is 8.25. The van der Waals surface area contributed by atoms with Crippen molar-refractivity contribution in [2.75, 3.05) is 37.7 Å². The fourth-order valence-electron chi connectivity index (χ4n) is 3.73. The summed E-state index contributed by atoms with van der Waals surface area (Å²) in [5.74, 6) is 3.33. The van der Waals surface area contributed by atoms with Gasteiger partial charge in [-0.15, -0.1) is 10.2 Å². The quantitative estimate of drug-likeness (QED) is 0.659. The van der Waals surface area contributed by atoms with E-state index in [1.54, 1.807) is 0 Å². The first kappa shape index (κ1) is 19.2. The summed E-state index contributed by atoms with van der Waals surface area (Å²) >= 11 is 0. The van der Waals surface area contributed by atoms with Gasteiger partial charge in [-0.25, -0.2) is 0 Å². The van der Waals surface area contributed by atoms with Gasteiger partial charge >= 0.3 is 0 Å². The van der Waals surface area contributed by atoms with Gasteiger partial charge in [0.05, 0.1) is 13.0 Å². The first-order valence-corrected chi connectivity index (χ1v) is 9.99. The first-order chi connectivity index (χ1) is 14.0. The third-order valence-corrected chi connectivity index (χ3v) is 5.26. The molecule has 1 aliphatic rings. The van der Waals surface area contributed by atoms with Crippen molar-refractivity contribution in [1.82, 2.24) is 24.5 Å². The van der Waals surface area contributed by atoms with Crippen LogP contribution in [0.3, 0.4) is 0 Å². The molecule has 152 valence electrons. The summed E-state index contributed by atoms with van der Waals surface area (Å²) < 4.78 is 7.40. The lowest BCUT2D eigenvalue weighted by Gasteiger charge is -2.35. The Morgan fingerprint density at radius 2 is 1.79 bits per heavy atom. The lowest BCUT2D eigenvalue weighted by Crippen LogP contribution is -2.49. The normalized spacial score (nSPS) is 14.4. The highest BCUT2D eigenvalue weighted by atomic mass is 16.5. The highest BCUT2D eigenvalue weighted by Gasteiger charge is 2.23. The summed E-state index contributed by atoms with van der Waals surface area (Å²) in [6, 6.07) is 9.81. The van der Waals surface area contributed by atoms with E-state index in [0.717, 1.165) is 41.7 Å². The number of anilines is 1. The van der Waals surface area contributed by atoms with E-state index in [-0.39, 0.29) is 5.91 Å². The van der Waals surface area contributed by atoms with E-state index in [1.165, 1.54) is 0 Å². The molecule has 0 bridgehead atoms. The van der Waals surface area contributed by atoms with Crippen LogP contribution in [0.1, 0.15) is 24.0 Å². The Kier molecular flexibility index (Phi) is 5.33.